The van der Waals surface area contributed by atoms with Crippen LogP contribution in [0.4, 0.5) is 0 Å². The maximum absolute atomic E-state index is 5.98. The smallest absolute Gasteiger partial charge is 0.247 e. The molecule has 0 aliphatic heterocycles. The van der Waals surface area contributed by atoms with Crippen molar-refractivity contribution in [3.05, 3.63) is 52.0 Å². The minimum absolute atomic E-state index is 0.0150. The highest BCUT2D eigenvalue weighted by Gasteiger charge is 2.24. The van der Waals surface area contributed by atoms with Crippen LogP contribution in [0.1, 0.15) is 46.3 Å². The standard InChI is InChI=1S/C21H20N4OS2/c1-11-7-9-14(10-8-11)19-25-24-18(26-19)12(2)27-20-17-15-5-4-6-16(15)28-21(17)23-13(3)22-20/h7-10,12H,4-6H2,1-3H3/t12-/m0/s1. The Morgan fingerprint density at radius 3 is 2.71 bits per heavy atom. The summed E-state index contributed by atoms with van der Waals surface area (Å²) in [6, 6.07) is 8.12. The van der Waals surface area contributed by atoms with Gasteiger partial charge in [0.2, 0.25) is 11.8 Å². The number of rotatable bonds is 4. The van der Waals surface area contributed by atoms with Gasteiger partial charge >= 0.3 is 0 Å². The largest absolute Gasteiger partial charge is 0.419 e. The molecule has 1 aromatic carbocycles. The summed E-state index contributed by atoms with van der Waals surface area (Å²) in [5, 5.41) is 10.8. The van der Waals surface area contributed by atoms with Gasteiger partial charge in [0.15, 0.2) is 0 Å². The van der Waals surface area contributed by atoms with E-state index in [1.54, 1.807) is 11.8 Å². The average molecular weight is 409 g/mol. The lowest BCUT2D eigenvalue weighted by atomic mass is 10.1. The second-order valence-electron chi connectivity index (χ2n) is 7.19. The predicted octanol–water partition coefficient (Wildman–Crippen LogP) is 5.70. The molecule has 0 bridgehead atoms. The van der Waals surface area contributed by atoms with Crippen LogP contribution < -0.4 is 0 Å². The van der Waals surface area contributed by atoms with Crippen LogP contribution in [0.3, 0.4) is 0 Å². The average Bonchev–Trinajstić information content (AvgIpc) is 3.37. The van der Waals surface area contributed by atoms with E-state index >= 15 is 0 Å². The number of thioether (sulfide) groups is 1. The molecule has 1 atom stereocenters. The minimum atomic E-state index is 0.0150. The first-order valence-electron chi connectivity index (χ1n) is 9.44. The highest BCUT2D eigenvalue weighted by molar-refractivity contribution is 7.99. The first kappa shape index (κ1) is 17.8. The summed E-state index contributed by atoms with van der Waals surface area (Å²) < 4.78 is 5.98. The number of hydrogen-bond donors (Lipinski definition) is 0. The molecule has 0 radical (unpaired) electrons. The Morgan fingerprint density at radius 2 is 1.89 bits per heavy atom. The third-order valence-corrected chi connectivity index (χ3v) is 7.28. The topological polar surface area (TPSA) is 64.7 Å². The lowest BCUT2D eigenvalue weighted by Gasteiger charge is -2.09. The van der Waals surface area contributed by atoms with E-state index < -0.39 is 0 Å². The first-order valence-corrected chi connectivity index (χ1v) is 11.1. The molecule has 0 unspecified atom stereocenters. The van der Waals surface area contributed by atoms with E-state index in [0.29, 0.717) is 11.8 Å². The van der Waals surface area contributed by atoms with Crippen molar-refractivity contribution in [1.29, 1.82) is 0 Å². The molecule has 1 aliphatic carbocycles. The first-order chi connectivity index (χ1) is 13.6. The van der Waals surface area contributed by atoms with Crippen LogP contribution in [0, 0.1) is 13.8 Å². The SMILES string of the molecule is Cc1ccc(-c2nnc([C@H](C)Sc3nc(C)nc4sc5c(c34)CCC5)o2)cc1. The van der Waals surface area contributed by atoms with Crippen LogP contribution in [0.5, 0.6) is 0 Å². The quantitative estimate of drug-likeness (QED) is 0.319. The maximum Gasteiger partial charge on any atom is 0.247 e. The van der Waals surface area contributed by atoms with Gasteiger partial charge in [-0.05, 0) is 57.7 Å². The highest BCUT2D eigenvalue weighted by atomic mass is 32.2. The van der Waals surface area contributed by atoms with Gasteiger partial charge in [-0.25, -0.2) is 9.97 Å². The Hall–Kier alpha value is -2.25. The minimum Gasteiger partial charge on any atom is -0.419 e. The number of aromatic nitrogens is 4. The van der Waals surface area contributed by atoms with E-state index in [9.17, 15) is 0 Å². The third-order valence-electron chi connectivity index (χ3n) is 5.02. The van der Waals surface area contributed by atoms with Crippen molar-refractivity contribution in [2.24, 2.45) is 0 Å². The highest BCUT2D eigenvalue weighted by Crippen LogP contribution is 2.44. The monoisotopic (exact) mass is 408 g/mol. The van der Waals surface area contributed by atoms with Crippen LogP contribution in [0.25, 0.3) is 21.7 Å². The van der Waals surface area contributed by atoms with Gasteiger partial charge < -0.3 is 4.42 Å². The Labute approximate surface area is 171 Å². The Kier molecular flexibility index (Phi) is 4.44. The molecule has 0 fully saturated rings. The molecule has 0 N–H and O–H groups in total. The lowest BCUT2D eigenvalue weighted by molar-refractivity contribution is 0.509. The van der Waals surface area contributed by atoms with Crippen LogP contribution in [0.2, 0.25) is 0 Å². The number of hydrogen-bond acceptors (Lipinski definition) is 7. The molecule has 5 nitrogen and oxygen atoms in total. The van der Waals surface area contributed by atoms with Gasteiger partial charge in [-0.15, -0.1) is 21.5 Å². The molecular weight excluding hydrogens is 388 g/mol. The van der Waals surface area contributed by atoms with Crippen LogP contribution in [-0.4, -0.2) is 20.2 Å². The maximum atomic E-state index is 5.98. The fourth-order valence-electron chi connectivity index (χ4n) is 3.58. The molecule has 0 saturated carbocycles. The molecule has 1 aliphatic rings. The van der Waals surface area contributed by atoms with Gasteiger partial charge in [-0.3, -0.25) is 0 Å². The van der Waals surface area contributed by atoms with E-state index in [-0.39, 0.29) is 5.25 Å². The Balaban J connectivity index is 1.46. The number of benzene rings is 1. The second kappa shape index (κ2) is 6.97. The van der Waals surface area contributed by atoms with Gasteiger partial charge in [0.05, 0.1) is 5.25 Å². The van der Waals surface area contributed by atoms with E-state index in [4.69, 9.17) is 9.40 Å². The molecule has 4 aromatic rings. The number of nitrogens with zero attached hydrogens (tertiary/aromatic N) is 4. The van der Waals surface area contributed by atoms with Crippen LogP contribution in [-0.2, 0) is 12.8 Å². The molecule has 3 heterocycles. The third kappa shape index (κ3) is 3.12. The van der Waals surface area contributed by atoms with Crippen molar-refractivity contribution in [3.8, 4) is 11.5 Å². The van der Waals surface area contributed by atoms with Crippen LogP contribution in [0.15, 0.2) is 33.7 Å². The van der Waals surface area contributed by atoms with Crippen molar-refractivity contribution in [1.82, 2.24) is 20.2 Å². The van der Waals surface area contributed by atoms with E-state index in [2.05, 4.69) is 41.2 Å². The van der Waals surface area contributed by atoms with E-state index in [1.165, 1.54) is 34.2 Å². The Morgan fingerprint density at radius 1 is 1.07 bits per heavy atom. The normalized spacial score (nSPS) is 14.5. The van der Waals surface area contributed by atoms with Gasteiger partial charge in [0.25, 0.3) is 0 Å². The summed E-state index contributed by atoms with van der Waals surface area (Å²) in [4.78, 5) is 12.0. The van der Waals surface area contributed by atoms with Gasteiger partial charge in [-0.1, -0.05) is 29.5 Å². The van der Waals surface area contributed by atoms with Gasteiger partial charge in [-0.2, -0.15) is 0 Å². The molecule has 3 aromatic heterocycles. The molecule has 5 rings (SSSR count). The van der Waals surface area contributed by atoms with Gasteiger partial charge in [0, 0.05) is 15.8 Å². The summed E-state index contributed by atoms with van der Waals surface area (Å²) in [6.45, 7) is 6.11. The molecule has 0 spiro atoms. The molecule has 0 saturated heterocycles. The molecule has 7 heteroatoms. The van der Waals surface area contributed by atoms with E-state index in [1.807, 2.05) is 30.4 Å². The Bertz CT molecular complexity index is 1160. The zero-order valence-electron chi connectivity index (χ0n) is 16.0. The van der Waals surface area contributed by atoms with Crippen molar-refractivity contribution >= 4 is 33.3 Å². The molecule has 142 valence electrons. The lowest BCUT2D eigenvalue weighted by Crippen LogP contribution is -1.95. The second-order valence-corrected chi connectivity index (χ2v) is 9.60. The molecule has 28 heavy (non-hydrogen) atoms. The van der Waals surface area contributed by atoms with Crippen molar-refractivity contribution < 1.29 is 4.42 Å². The zero-order chi connectivity index (χ0) is 19.3. The predicted molar refractivity (Wildman–Crippen MR) is 113 cm³/mol. The molecule has 0 amide bonds. The summed E-state index contributed by atoms with van der Waals surface area (Å²) in [5.41, 5.74) is 3.59. The summed E-state index contributed by atoms with van der Waals surface area (Å²) in [6.07, 6.45) is 3.52. The zero-order valence-corrected chi connectivity index (χ0v) is 17.7. The van der Waals surface area contributed by atoms with Gasteiger partial charge in [0.1, 0.15) is 15.7 Å². The number of aryl methyl sites for hydroxylation is 4. The summed E-state index contributed by atoms with van der Waals surface area (Å²) >= 11 is 3.51. The summed E-state index contributed by atoms with van der Waals surface area (Å²) in [5.74, 6) is 1.99. The van der Waals surface area contributed by atoms with Crippen molar-refractivity contribution in [3.63, 3.8) is 0 Å². The number of fused-ring (bicyclic) bond motifs is 3. The fraction of sp³-hybridized carbons (Fsp3) is 0.333. The van der Waals surface area contributed by atoms with Crippen molar-refractivity contribution in [2.45, 2.75) is 50.3 Å². The fourth-order valence-corrected chi connectivity index (χ4v) is 6.00. The van der Waals surface area contributed by atoms with Crippen LogP contribution >= 0.6 is 23.1 Å². The van der Waals surface area contributed by atoms with E-state index in [0.717, 1.165) is 27.7 Å². The van der Waals surface area contributed by atoms with Crippen molar-refractivity contribution in [2.75, 3.05) is 0 Å². The number of thiophene rings is 1. The molecular formula is C21H20N4OS2. The summed E-state index contributed by atoms with van der Waals surface area (Å²) in [7, 11) is 0.